The molecule has 6 heteroatoms. The van der Waals surface area contributed by atoms with Gasteiger partial charge in [0.05, 0.1) is 10.7 Å². The minimum atomic E-state index is -4.00. The van der Waals surface area contributed by atoms with E-state index in [1.807, 2.05) is 13.8 Å². The zero-order chi connectivity index (χ0) is 10.8. The van der Waals surface area contributed by atoms with Gasteiger partial charge in [-0.1, -0.05) is 19.9 Å². The molecule has 14 heavy (non-hydrogen) atoms. The average Bonchev–Trinajstić information content (AvgIpc) is 2.02. The normalized spacial score (nSPS) is 11.7. The third-order valence-electron chi connectivity index (χ3n) is 1.61. The summed E-state index contributed by atoms with van der Waals surface area (Å²) in [7, 11) is 0.879. The van der Waals surface area contributed by atoms with Gasteiger partial charge in [-0.3, -0.25) is 0 Å². The quantitative estimate of drug-likeness (QED) is 0.753. The summed E-state index contributed by atoms with van der Waals surface area (Å²) in [5.41, 5.74) is 1.00. The Bertz CT molecular complexity index is 399. The van der Waals surface area contributed by atoms with Crippen molar-refractivity contribution in [2.75, 3.05) is 0 Å². The van der Waals surface area contributed by atoms with Gasteiger partial charge in [0.2, 0.25) is 5.88 Å². The van der Waals surface area contributed by atoms with Gasteiger partial charge in [-0.25, -0.2) is 4.98 Å². The van der Waals surface area contributed by atoms with E-state index in [0.717, 1.165) is 5.56 Å². The lowest BCUT2D eigenvalue weighted by atomic mass is 10.1. The molecule has 0 radical (unpaired) electrons. The molecule has 0 spiro atoms. The molecule has 0 saturated carbocycles. The molecule has 1 rings (SSSR count). The SMILES string of the molecule is CC(C)c1ccc(OS(=O)(=O)Cl)nc1. The molecule has 1 aromatic rings. The largest absolute Gasteiger partial charge is 0.402 e. The molecule has 0 atom stereocenters. The smallest absolute Gasteiger partial charge is 0.350 e. The van der Waals surface area contributed by atoms with Gasteiger partial charge in [0.1, 0.15) is 0 Å². The zero-order valence-corrected chi connectivity index (χ0v) is 9.34. The summed E-state index contributed by atoms with van der Waals surface area (Å²) in [4.78, 5) is 3.80. The number of rotatable bonds is 3. The fourth-order valence-corrected chi connectivity index (χ4v) is 1.38. The summed E-state index contributed by atoms with van der Waals surface area (Å²) in [5, 5.41) is 0. The fourth-order valence-electron chi connectivity index (χ4n) is 0.885. The number of halogens is 1. The van der Waals surface area contributed by atoms with Crippen molar-refractivity contribution < 1.29 is 12.6 Å². The molecule has 0 aliphatic heterocycles. The summed E-state index contributed by atoms with van der Waals surface area (Å²) >= 11 is 0. The Hall–Kier alpha value is -0.810. The molecule has 0 fully saturated rings. The van der Waals surface area contributed by atoms with E-state index in [2.05, 4.69) is 9.17 Å². The van der Waals surface area contributed by atoms with E-state index in [9.17, 15) is 8.42 Å². The second kappa shape index (κ2) is 4.14. The van der Waals surface area contributed by atoms with Crippen molar-refractivity contribution in [1.29, 1.82) is 0 Å². The van der Waals surface area contributed by atoms with E-state index in [0.29, 0.717) is 5.92 Å². The molecule has 0 aromatic carbocycles. The van der Waals surface area contributed by atoms with E-state index in [1.165, 1.54) is 6.07 Å². The van der Waals surface area contributed by atoms with Crippen LogP contribution < -0.4 is 4.18 Å². The Labute approximate surface area is 87.5 Å². The van der Waals surface area contributed by atoms with Crippen LogP contribution in [0.5, 0.6) is 5.88 Å². The van der Waals surface area contributed by atoms with Gasteiger partial charge >= 0.3 is 9.33 Å². The molecule has 1 aromatic heterocycles. The third kappa shape index (κ3) is 3.51. The van der Waals surface area contributed by atoms with Crippen LogP contribution in [0.3, 0.4) is 0 Å². The van der Waals surface area contributed by atoms with Gasteiger partial charge in [0, 0.05) is 12.3 Å². The van der Waals surface area contributed by atoms with E-state index < -0.39 is 9.33 Å². The molecule has 4 nitrogen and oxygen atoms in total. The Morgan fingerprint density at radius 2 is 2.07 bits per heavy atom. The van der Waals surface area contributed by atoms with Gasteiger partial charge in [-0.05, 0) is 11.5 Å². The van der Waals surface area contributed by atoms with Crippen LogP contribution in [0.4, 0.5) is 0 Å². The lowest BCUT2D eigenvalue weighted by molar-refractivity contribution is 0.492. The first-order valence-electron chi connectivity index (χ1n) is 3.98. The first-order chi connectivity index (χ1) is 6.38. The summed E-state index contributed by atoms with van der Waals surface area (Å²) in [6.45, 7) is 4.02. The predicted octanol–water partition coefficient (Wildman–Crippen LogP) is 2.07. The van der Waals surface area contributed by atoms with Gasteiger partial charge < -0.3 is 4.18 Å². The molecular formula is C8H10ClNO3S. The number of nitrogens with zero attached hydrogens (tertiary/aromatic N) is 1. The van der Waals surface area contributed by atoms with Crippen molar-refractivity contribution in [3.8, 4) is 5.88 Å². The topological polar surface area (TPSA) is 56.3 Å². The Balaban J connectivity index is 2.84. The standard InChI is InChI=1S/C8H10ClNO3S/c1-6(2)7-3-4-8(10-5-7)13-14(9,11)12/h3-6H,1-2H3. The number of hydrogen-bond donors (Lipinski definition) is 0. The highest BCUT2D eigenvalue weighted by atomic mass is 35.7. The van der Waals surface area contributed by atoms with Crippen molar-refractivity contribution >= 4 is 20.0 Å². The van der Waals surface area contributed by atoms with Crippen LogP contribution in [-0.2, 0) is 9.33 Å². The third-order valence-corrected chi connectivity index (χ3v) is 2.17. The van der Waals surface area contributed by atoms with Crippen molar-refractivity contribution in [3.05, 3.63) is 23.9 Å². The van der Waals surface area contributed by atoms with Gasteiger partial charge in [0.25, 0.3) is 0 Å². The first kappa shape index (κ1) is 11.3. The molecule has 0 unspecified atom stereocenters. The lowest BCUT2D eigenvalue weighted by Gasteiger charge is -2.04. The number of pyridine rings is 1. The van der Waals surface area contributed by atoms with Crippen molar-refractivity contribution in [2.45, 2.75) is 19.8 Å². The Morgan fingerprint density at radius 1 is 1.43 bits per heavy atom. The second-order valence-corrected chi connectivity index (χ2v) is 5.15. The summed E-state index contributed by atoms with van der Waals surface area (Å²) in [6.07, 6.45) is 1.56. The molecule has 0 amide bonds. The molecule has 0 saturated heterocycles. The van der Waals surface area contributed by atoms with Crippen molar-refractivity contribution in [3.63, 3.8) is 0 Å². The maximum atomic E-state index is 10.5. The van der Waals surface area contributed by atoms with Crippen molar-refractivity contribution in [2.24, 2.45) is 0 Å². The predicted molar refractivity (Wildman–Crippen MR) is 53.7 cm³/mol. The number of hydrogen-bond acceptors (Lipinski definition) is 4. The highest BCUT2D eigenvalue weighted by Gasteiger charge is 2.08. The van der Waals surface area contributed by atoms with Crippen LogP contribution in [-0.4, -0.2) is 13.4 Å². The van der Waals surface area contributed by atoms with Crippen LogP contribution in [0, 0.1) is 0 Å². The summed E-state index contributed by atoms with van der Waals surface area (Å²) < 4.78 is 25.4. The maximum Gasteiger partial charge on any atom is 0.402 e. The fraction of sp³-hybridized carbons (Fsp3) is 0.375. The monoisotopic (exact) mass is 235 g/mol. The first-order valence-corrected chi connectivity index (χ1v) is 6.22. The van der Waals surface area contributed by atoms with E-state index in [1.54, 1.807) is 12.3 Å². The van der Waals surface area contributed by atoms with Crippen LogP contribution in [0.25, 0.3) is 0 Å². The highest BCUT2D eigenvalue weighted by molar-refractivity contribution is 8.10. The summed E-state index contributed by atoms with van der Waals surface area (Å²) in [6, 6.07) is 3.21. The molecule has 0 N–H and O–H groups in total. The lowest BCUT2D eigenvalue weighted by Crippen LogP contribution is -2.01. The number of aromatic nitrogens is 1. The molecule has 78 valence electrons. The maximum absolute atomic E-state index is 10.5. The highest BCUT2D eigenvalue weighted by Crippen LogP contribution is 2.17. The van der Waals surface area contributed by atoms with E-state index in [-0.39, 0.29) is 5.88 Å². The molecular weight excluding hydrogens is 226 g/mol. The molecule has 0 aliphatic carbocycles. The second-order valence-electron chi connectivity index (χ2n) is 3.06. The Kier molecular flexibility index (Phi) is 3.34. The van der Waals surface area contributed by atoms with Gasteiger partial charge in [-0.2, -0.15) is 8.42 Å². The molecule has 0 bridgehead atoms. The van der Waals surface area contributed by atoms with Gasteiger partial charge in [0.15, 0.2) is 0 Å². The van der Waals surface area contributed by atoms with Crippen LogP contribution >= 0.6 is 10.7 Å². The molecule has 0 aliphatic rings. The van der Waals surface area contributed by atoms with Gasteiger partial charge in [-0.15, -0.1) is 0 Å². The zero-order valence-electron chi connectivity index (χ0n) is 7.77. The van der Waals surface area contributed by atoms with Crippen LogP contribution in [0.2, 0.25) is 0 Å². The van der Waals surface area contributed by atoms with Crippen LogP contribution in [0.1, 0.15) is 25.3 Å². The average molecular weight is 236 g/mol. The van der Waals surface area contributed by atoms with Crippen LogP contribution in [0.15, 0.2) is 18.3 Å². The van der Waals surface area contributed by atoms with E-state index in [4.69, 9.17) is 10.7 Å². The minimum Gasteiger partial charge on any atom is -0.350 e. The molecule has 1 heterocycles. The minimum absolute atomic E-state index is 0.0237. The summed E-state index contributed by atoms with van der Waals surface area (Å²) in [5.74, 6) is 0.313. The van der Waals surface area contributed by atoms with E-state index >= 15 is 0 Å². The Morgan fingerprint density at radius 3 is 2.43 bits per heavy atom. The van der Waals surface area contributed by atoms with Crippen molar-refractivity contribution in [1.82, 2.24) is 4.98 Å².